The van der Waals surface area contributed by atoms with Gasteiger partial charge < -0.3 is 10.2 Å². The third-order valence-corrected chi connectivity index (χ3v) is 2.95. The molecule has 1 saturated carbocycles. The van der Waals surface area contributed by atoms with Gasteiger partial charge in [0.15, 0.2) is 0 Å². The van der Waals surface area contributed by atoms with Crippen LogP contribution in [-0.4, -0.2) is 22.3 Å². The SMILES string of the molecule is O=C(O)C1(c2cccc(F)c2)CC(O)C1. The Morgan fingerprint density at radius 3 is 2.60 bits per heavy atom. The van der Waals surface area contributed by atoms with Crippen LogP contribution in [0.2, 0.25) is 0 Å². The molecule has 3 nitrogen and oxygen atoms in total. The number of hydrogen-bond donors (Lipinski definition) is 2. The van der Waals surface area contributed by atoms with Gasteiger partial charge in [0, 0.05) is 0 Å². The van der Waals surface area contributed by atoms with Gasteiger partial charge in [0.25, 0.3) is 0 Å². The Bertz CT molecular complexity index is 397. The maximum absolute atomic E-state index is 13.0. The van der Waals surface area contributed by atoms with E-state index in [0.717, 1.165) is 0 Å². The van der Waals surface area contributed by atoms with Crippen molar-refractivity contribution in [1.29, 1.82) is 0 Å². The Hall–Kier alpha value is -1.42. The zero-order chi connectivity index (χ0) is 11.1. The first-order valence-corrected chi connectivity index (χ1v) is 4.72. The molecule has 1 aliphatic carbocycles. The highest BCUT2D eigenvalue weighted by molar-refractivity contribution is 5.83. The van der Waals surface area contributed by atoms with Crippen molar-refractivity contribution in [2.24, 2.45) is 0 Å². The van der Waals surface area contributed by atoms with Crippen molar-refractivity contribution < 1.29 is 19.4 Å². The van der Waals surface area contributed by atoms with Crippen LogP contribution in [0.25, 0.3) is 0 Å². The molecule has 1 aromatic carbocycles. The minimum atomic E-state index is -1.10. The van der Waals surface area contributed by atoms with Crippen molar-refractivity contribution in [3.8, 4) is 0 Å². The summed E-state index contributed by atoms with van der Waals surface area (Å²) in [6.07, 6.45) is -0.276. The smallest absolute Gasteiger partial charge is 0.314 e. The molecule has 0 unspecified atom stereocenters. The zero-order valence-corrected chi connectivity index (χ0v) is 7.98. The van der Waals surface area contributed by atoms with Crippen LogP contribution in [0.5, 0.6) is 0 Å². The van der Waals surface area contributed by atoms with Crippen LogP contribution < -0.4 is 0 Å². The molecule has 1 aliphatic rings. The normalized spacial score (nSPS) is 29.6. The number of aliphatic hydroxyl groups excluding tert-OH is 1. The number of halogens is 1. The summed E-state index contributed by atoms with van der Waals surface area (Å²) in [6.45, 7) is 0. The van der Waals surface area contributed by atoms with E-state index in [2.05, 4.69) is 0 Å². The Morgan fingerprint density at radius 1 is 1.47 bits per heavy atom. The molecule has 2 N–H and O–H groups in total. The summed E-state index contributed by atoms with van der Waals surface area (Å²) >= 11 is 0. The molecule has 0 aromatic heterocycles. The number of carboxylic acids is 1. The number of aliphatic carboxylic acids is 1. The zero-order valence-electron chi connectivity index (χ0n) is 7.98. The van der Waals surface area contributed by atoms with E-state index in [4.69, 9.17) is 5.11 Å². The number of aliphatic hydroxyl groups is 1. The van der Waals surface area contributed by atoms with Gasteiger partial charge in [-0.25, -0.2) is 4.39 Å². The highest BCUT2D eigenvalue weighted by Gasteiger charge is 2.51. The summed E-state index contributed by atoms with van der Waals surface area (Å²) in [5.41, 5.74) is -0.665. The monoisotopic (exact) mass is 210 g/mol. The molecule has 0 aliphatic heterocycles. The molecule has 80 valence electrons. The molecule has 0 spiro atoms. The van der Waals surface area contributed by atoms with Crippen LogP contribution in [0.1, 0.15) is 18.4 Å². The third kappa shape index (κ3) is 1.51. The summed E-state index contributed by atoms with van der Waals surface area (Å²) in [5.74, 6) is -1.45. The van der Waals surface area contributed by atoms with Gasteiger partial charge in [0.2, 0.25) is 0 Å². The van der Waals surface area contributed by atoms with Gasteiger partial charge in [0.1, 0.15) is 5.82 Å². The average molecular weight is 210 g/mol. The van der Waals surface area contributed by atoms with Crippen LogP contribution >= 0.6 is 0 Å². The number of rotatable bonds is 2. The van der Waals surface area contributed by atoms with Crippen molar-refractivity contribution in [2.45, 2.75) is 24.4 Å². The summed E-state index contributed by atoms with van der Waals surface area (Å²) in [7, 11) is 0. The molecular weight excluding hydrogens is 199 g/mol. The largest absolute Gasteiger partial charge is 0.481 e. The Labute approximate surface area is 86.2 Å². The highest BCUT2D eigenvalue weighted by atomic mass is 19.1. The minimum absolute atomic E-state index is 0.159. The van der Waals surface area contributed by atoms with Crippen molar-refractivity contribution in [3.05, 3.63) is 35.6 Å². The topological polar surface area (TPSA) is 57.5 Å². The molecule has 1 fully saturated rings. The molecule has 4 heteroatoms. The van der Waals surface area contributed by atoms with E-state index in [1.54, 1.807) is 6.07 Å². The van der Waals surface area contributed by atoms with E-state index in [1.807, 2.05) is 0 Å². The standard InChI is InChI=1S/C11H11FO3/c12-8-3-1-2-7(4-8)11(10(14)15)5-9(13)6-11/h1-4,9,13H,5-6H2,(H,14,15). The van der Waals surface area contributed by atoms with Gasteiger partial charge in [-0.2, -0.15) is 0 Å². The predicted octanol–water partition coefficient (Wildman–Crippen LogP) is 1.30. The van der Waals surface area contributed by atoms with Gasteiger partial charge >= 0.3 is 5.97 Å². The fourth-order valence-electron chi connectivity index (χ4n) is 2.06. The maximum atomic E-state index is 13.0. The van der Waals surface area contributed by atoms with Crippen molar-refractivity contribution >= 4 is 5.97 Å². The lowest BCUT2D eigenvalue weighted by Crippen LogP contribution is -2.50. The maximum Gasteiger partial charge on any atom is 0.314 e. The van der Waals surface area contributed by atoms with E-state index >= 15 is 0 Å². The Balaban J connectivity index is 2.39. The first kappa shape index (κ1) is 10.1. The lowest BCUT2D eigenvalue weighted by molar-refractivity contribution is -0.152. The molecule has 0 atom stereocenters. The van der Waals surface area contributed by atoms with Crippen molar-refractivity contribution in [1.82, 2.24) is 0 Å². The van der Waals surface area contributed by atoms with Crippen LogP contribution in [0.4, 0.5) is 4.39 Å². The Morgan fingerprint density at radius 2 is 2.13 bits per heavy atom. The molecule has 0 amide bonds. The van der Waals surface area contributed by atoms with Crippen LogP contribution in [0.15, 0.2) is 24.3 Å². The Kier molecular flexibility index (Phi) is 2.23. The fourth-order valence-corrected chi connectivity index (χ4v) is 2.06. The van der Waals surface area contributed by atoms with Gasteiger partial charge in [-0.3, -0.25) is 4.79 Å². The van der Waals surface area contributed by atoms with Gasteiger partial charge in [0.05, 0.1) is 11.5 Å². The van der Waals surface area contributed by atoms with Crippen LogP contribution in [0.3, 0.4) is 0 Å². The highest BCUT2D eigenvalue weighted by Crippen LogP contribution is 2.44. The lowest BCUT2D eigenvalue weighted by Gasteiger charge is -2.42. The molecule has 1 aromatic rings. The molecule has 0 bridgehead atoms. The van der Waals surface area contributed by atoms with E-state index in [9.17, 15) is 14.3 Å². The lowest BCUT2D eigenvalue weighted by atomic mass is 9.63. The van der Waals surface area contributed by atoms with E-state index in [0.29, 0.717) is 5.56 Å². The third-order valence-electron chi connectivity index (χ3n) is 2.95. The van der Waals surface area contributed by atoms with Gasteiger partial charge in [-0.05, 0) is 30.5 Å². The number of carbonyl (C=O) groups is 1. The molecular formula is C11H11FO3. The summed E-state index contributed by atoms with van der Waals surface area (Å²) in [4.78, 5) is 11.1. The van der Waals surface area contributed by atoms with Crippen LogP contribution in [-0.2, 0) is 10.2 Å². The van der Waals surface area contributed by atoms with Gasteiger partial charge in [-0.15, -0.1) is 0 Å². The van der Waals surface area contributed by atoms with Crippen molar-refractivity contribution in [2.75, 3.05) is 0 Å². The molecule has 15 heavy (non-hydrogen) atoms. The fraction of sp³-hybridized carbons (Fsp3) is 0.364. The minimum Gasteiger partial charge on any atom is -0.481 e. The number of carboxylic acid groups (broad SMARTS) is 1. The molecule has 0 radical (unpaired) electrons. The summed E-state index contributed by atoms with van der Waals surface area (Å²) < 4.78 is 13.0. The number of hydrogen-bond acceptors (Lipinski definition) is 2. The summed E-state index contributed by atoms with van der Waals surface area (Å²) in [6, 6.07) is 5.57. The van der Waals surface area contributed by atoms with E-state index in [-0.39, 0.29) is 12.8 Å². The quantitative estimate of drug-likeness (QED) is 0.773. The number of benzene rings is 1. The molecule has 0 heterocycles. The summed E-state index contributed by atoms with van der Waals surface area (Å²) in [5, 5.41) is 18.3. The average Bonchev–Trinajstić information content (AvgIpc) is 2.12. The van der Waals surface area contributed by atoms with E-state index in [1.165, 1.54) is 18.2 Å². The first-order chi connectivity index (χ1) is 7.04. The predicted molar refractivity (Wildman–Crippen MR) is 51.0 cm³/mol. The molecule has 2 rings (SSSR count). The van der Waals surface area contributed by atoms with Crippen LogP contribution in [0, 0.1) is 5.82 Å². The second-order valence-corrected chi connectivity index (χ2v) is 3.96. The molecule has 0 saturated heterocycles. The first-order valence-electron chi connectivity index (χ1n) is 4.72. The second kappa shape index (κ2) is 3.31. The van der Waals surface area contributed by atoms with E-state index < -0.39 is 23.3 Å². The van der Waals surface area contributed by atoms with Gasteiger partial charge in [-0.1, -0.05) is 12.1 Å². The van der Waals surface area contributed by atoms with Crippen molar-refractivity contribution in [3.63, 3.8) is 0 Å². The second-order valence-electron chi connectivity index (χ2n) is 3.96.